The number of nitrogens with zero attached hydrogens (tertiary/aromatic N) is 2. The lowest BCUT2D eigenvalue weighted by Gasteiger charge is -2.12. The fourth-order valence-electron chi connectivity index (χ4n) is 1.45. The Balaban J connectivity index is 0.00000361. The summed E-state index contributed by atoms with van der Waals surface area (Å²) in [5.74, 6) is -1.82. The van der Waals surface area contributed by atoms with Gasteiger partial charge >= 0.3 is 5.97 Å². The molecule has 0 fully saturated rings. The fraction of sp³-hybridized carbons (Fsp3) is 0.455. The van der Waals surface area contributed by atoms with Crippen molar-refractivity contribution in [1.29, 1.82) is 0 Å². The van der Waals surface area contributed by atoms with E-state index in [0.717, 1.165) is 0 Å². The van der Waals surface area contributed by atoms with Crippen molar-refractivity contribution in [3.05, 3.63) is 18.2 Å². The maximum absolute atomic E-state index is 11.3. The van der Waals surface area contributed by atoms with E-state index in [9.17, 15) is 14.4 Å². The molecule has 0 aliphatic rings. The van der Waals surface area contributed by atoms with Gasteiger partial charge in [-0.3, -0.25) is 14.2 Å². The molecule has 1 unspecified atom stereocenters. The quantitative estimate of drug-likeness (QED) is 0.512. The minimum absolute atomic E-state index is 0. The number of hydrogen-bond acceptors (Lipinski definition) is 5. The molecule has 4 N–H and O–H groups in total. The minimum atomic E-state index is -1.16. The summed E-state index contributed by atoms with van der Waals surface area (Å²) in [6, 6.07) is -1.09. The topological polar surface area (TPSA) is 127 Å². The Hall–Kier alpha value is -1.69. The zero-order valence-corrected chi connectivity index (χ0v) is 10.5. The highest BCUT2D eigenvalue weighted by atomic mass is 27.0. The van der Waals surface area contributed by atoms with Crippen LogP contribution in [0, 0.1) is 0 Å². The van der Waals surface area contributed by atoms with Crippen molar-refractivity contribution < 1.29 is 19.5 Å². The van der Waals surface area contributed by atoms with Crippen molar-refractivity contribution in [1.82, 2.24) is 14.9 Å². The molecule has 0 saturated heterocycles. The van der Waals surface area contributed by atoms with Gasteiger partial charge < -0.3 is 16.2 Å². The van der Waals surface area contributed by atoms with Crippen LogP contribution in [0.5, 0.6) is 0 Å². The number of amides is 1. The molecule has 0 radical (unpaired) electrons. The van der Waals surface area contributed by atoms with Gasteiger partial charge in [0.1, 0.15) is 12.4 Å². The van der Waals surface area contributed by atoms with Gasteiger partial charge in [0.15, 0.2) is 17.4 Å². The van der Waals surface area contributed by atoms with Crippen LogP contribution in [0.2, 0.25) is 0 Å². The van der Waals surface area contributed by atoms with Gasteiger partial charge in [-0.1, -0.05) is 0 Å². The van der Waals surface area contributed by atoms with Crippen molar-refractivity contribution in [3.63, 3.8) is 0 Å². The van der Waals surface area contributed by atoms with E-state index >= 15 is 0 Å². The van der Waals surface area contributed by atoms with Crippen LogP contribution < -0.4 is 11.1 Å². The second-order valence-electron chi connectivity index (χ2n) is 3.99. The van der Waals surface area contributed by atoms with Gasteiger partial charge in [0.2, 0.25) is 11.8 Å². The van der Waals surface area contributed by atoms with Gasteiger partial charge in [0, 0.05) is 32.5 Å². The summed E-state index contributed by atoms with van der Waals surface area (Å²) in [5.41, 5.74) is 5.62. The molecule has 8 nitrogen and oxygen atoms in total. The van der Waals surface area contributed by atoms with Gasteiger partial charge in [0.25, 0.3) is 0 Å². The van der Waals surface area contributed by atoms with Crippen LogP contribution in [0.15, 0.2) is 12.5 Å². The van der Waals surface area contributed by atoms with Crippen LogP contribution in [-0.4, -0.2) is 62.4 Å². The highest BCUT2D eigenvalue weighted by Gasteiger charge is 2.21. The van der Waals surface area contributed by atoms with Crippen LogP contribution >= 0.6 is 0 Å². The number of carboxylic acid groups (broad SMARTS) is 1. The third kappa shape index (κ3) is 5.52. The number of carbonyl (C=O) groups is 3. The second-order valence-corrected chi connectivity index (χ2v) is 3.99. The first-order valence-corrected chi connectivity index (χ1v) is 5.70. The molecule has 1 atom stereocenters. The maximum Gasteiger partial charge on any atom is 0.326 e. The summed E-state index contributed by atoms with van der Waals surface area (Å²) in [6.07, 6.45) is 2.81. The van der Waals surface area contributed by atoms with E-state index in [0.29, 0.717) is 5.69 Å². The van der Waals surface area contributed by atoms with E-state index in [1.54, 1.807) is 0 Å². The number of nitrogens with two attached hydrogens (primary N) is 1. The maximum atomic E-state index is 11.3. The van der Waals surface area contributed by atoms with Gasteiger partial charge in [0.05, 0.1) is 5.69 Å². The largest absolute Gasteiger partial charge is 0.480 e. The second kappa shape index (κ2) is 8.48. The fourth-order valence-corrected chi connectivity index (χ4v) is 1.45. The molecule has 110 valence electrons. The predicted molar refractivity (Wildman–Crippen MR) is 75.4 cm³/mol. The average molecular weight is 298 g/mol. The van der Waals surface area contributed by atoms with E-state index < -0.39 is 17.9 Å². The highest BCUT2D eigenvalue weighted by molar-refractivity contribution is 5.83. The van der Waals surface area contributed by atoms with E-state index in [4.69, 9.17) is 10.8 Å². The Morgan fingerprint density at radius 2 is 2.15 bits per heavy atom. The summed E-state index contributed by atoms with van der Waals surface area (Å²) < 4.78 is 1.25. The van der Waals surface area contributed by atoms with Gasteiger partial charge in [-0.25, -0.2) is 9.78 Å². The van der Waals surface area contributed by atoms with Crippen LogP contribution in [0.1, 0.15) is 23.8 Å². The smallest absolute Gasteiger partial charge is 0.326 e. The molecule has 0 aromatic carbocycles. The van der Waals surface area contributed by atoms with Crippen LogP contribution in [-0.2, 0) is 16.0 Å². The minimum Gasteiger partial charge on any atom is -0.480 e. The Bertz CT molecular complexity index is 489. The first-order valence-electron chi connectivity index (χ1n) is 5.70. The zero-order valence-electron chi connectivity index (χ0n) is 10.5. The zero-order chi connectivity index (χ0) is 14.4. The third-order valence-electron chi connectivity index (χ3n) is 2.42. The average Bonchev–Trinajstić information content (AvgIpc) is 2.77. The Kier molecular flexibility index (Phi) is 7.76. The van der Waals surface area contributed by atoms with Gasteiger partial charge in [-0.15, -0.1) is 0 Å². The number of imidazole rings is 1. The first-order chi connectivity index (χ1) is 8.93. The lowest BCUT2D eigenvalue weighted by Crippen LogP contribution is -2.42. The van der Waals surface area contributed by atoms with Crippen molar-refractivity contribution in [3.8, 4) is 0 Å². The molecule has 0 bridgehead atoms. The molecule has 0 aliphatic heterocycles. The van der Waals surface area contributed by atoms with E-state index in [2.05, 4.69) is 10.3 Å². The Morgan fingerprint density at radius 3 is 2.60 bits per heavy atom. The number of carboxylic acids is 1. The summed E-state index contributed by atoms with van der Waals surface area (Å²) in [6.45, 7) is 1.51. The van der Waals surface area contributed by atoms with E-state index in [1.807, 2.05) is 0 Å². The molecular weight excluding hydrogens is 279 g/mol. The summed E-state index contributed by atoms with van der Waals surface area (Å²) in [5, 5.41) is 11.4. The molecule has 1 amide bonds. The van der Waals surface area contributed by atoms with Gasteiger partial charge in [-0.05, 0) is 0 Å². The molecule has 0 spiro atoms. The molecule has 1 rings (SSSR count). The number of aromatic nitrogens is 2. The van der Waals surface area contributed by atoms with Crippen LogP contribution in [0.3, 0.4) is 0 Å². The molecular formula is C11H19AlN4O4. The molecule has 9 heteroatoms. The van der Waals surface area contributed by atoms with E-state index in [1.165, 1.54) is 24.0 Å². The molecule has 0 aliphatic carbocycles. The summed E-state index contributed by atoms with van der Waals surface area (Å²) in [4.78, 5) is 37.3. The molecule has 20 heavy (non-hydrogen) atoms. The standard InChI is InChI=1S/C11H16N4O4.Al.3H/c1-7(16)15-5-8(13-6-15)4-9(11(18)19)14-10(17)2-3-12;;;;/h5-6,9H,2-4,12H2,1H3,(H,14,17)(H,18,19);;;;. The van der Waals surface area contributed by atoms with Gasteiger partial charge in [-0.2, -0.15) is 0 Å². The number of hydrogen-bond donors (Lipinski definition) is 3. The van der Waals surface area contributed by atoms with Crippen molar-refractivity contribution in [2.24, 2.45) is 5.73 Å². The normalized spacial score (nSPS) is 11.3. The van der Waals surface area contributed by atoms with Crippen molar-refractivity contribution in [2.45, 2.75) is 25.8 Å². The lowest BCUT2D eigenvalue weighted by molar-refractivity contribution is -0.141. The van der Waals surface area contributed by atoms with Crippen LogP contribution in [0.4, 0.5) is 0 Å². The lowest BCUT2D eigenvalue weighted by atomic mass is 10.1. The number of aliphatic carboxylic acids is 1. The van der Waals surface area contributed by atoms with E-state index in [-0.39, 0.29) is 42.7 Å². The Morgan fingerprint density at radius 1 is 1.50 bits per heavy atom. The van der Waals surface area contributed by atoms with Crippen molar-refractivity contribution in [2.75, 3.05) is 6.54 Å². The number of rotatable bonds is 6. The first kappa shape index (κ1) is 18.3. The molecule has 1 aromatic heterocycles. The number of nitrogens with one attached hydrogen (secondary N) is 1. The van der Waals surface area contributed by atoms with Crippen molar-refractivity contribution >= 4 is 35.1 Å². The highest BCUT2D eigenvalue weighted by Crippen LogP contribution is 2.02. The third-order valence-corrected chi connectivity index (χ3v) is 2.42. The Labute approximate surface area is 126 Å². The molecule has 0 saturated carbocycles. The summed E-state index contributed by atoms with van der Waals surface area (Å²) in [7, 11) is 0. The monoisotopic (exact) mass is 298 g/mol. The predicted octanol–water partition coefficient (Wildman–Crippen LogP) is -2.18. The number of carbonyl (C=O) groups excluding carboxylic acids is 2. The molecule has 1 heterocycles. The molecule has 1 aromatic rings. The summed E-state index contributed by atoms with van der Waals surface area (Å²) >= 11 is 0. The van der Waals surface area contributed by atoms with Crippen LogP contribution in [0.25, 0.3) is 0 Å². The SMILES string of the molecule is CC(=O)n1cnc(CC(NC(=O)CCN)C(=O)O)c1.[AlH3].